The first-order valence-corrected chi connectivity index (χ1v) is 11.9. The van der Waals surface area contributed by atoms with Gasteiger partial charge in [-0.1, -0.05) is 90.2 Å². The summed E-state index contributed by atoms with van der Waals surface area (Å²) in [5.41, 5.74) is 0. The van der Waals surface area contributed by atoms with Gasteiger partial charge in [0, 0.05) is 6.42 Å². The molecule has 2 unspecified atom stereocenters. The fraction of sp³-hybridized carbons (Fsp3) is 0.875. The first-order chi connectivity index (χ1) is 13.7. The van der Waals surface area contributed by atoms with Crippen molar-refractivity contribution in [2.75, 3.05) is 6.61 Å². The third-order valence-electron chi connectivity index (χ3n) is 5.28. The molecule has 4 nitrogen and oxygen atoms in total. The highest BCUT2D eigenvalue weighted by atomic mass is 16.3. The minimum absolute atomic E-state index is 0.0528. The second-order valence-electron chi connectivity index (χ2n) is 8.05. The highest BCUT2D eigenvalue weighted by Gasteiger charge is 2.19. The SMILES string of the molecule is CCCC/C=C\CCCCCCCC(=O)NC(CO)C(O)CCCCCCC. The number of amides is 1. The number of hydrogen-bond acceptors (Lipinski definition) is 3. The molecule has 0 rings (SSSR count). The molecule has 4 heteroatoms. The van der Waals surface area contributed by atoms with Crippen molar-refractivity contribution in [1.82, 2.24) is 5.32 Å². The minimum atomic E-state index is -0.652. The third kappa shape index (κ3) is 17.2. The lowest BCUT2D eigenvalue weighted by molar-refractivity contribution is -0.123. The summed E-state index contributed by atoms with van der Waals surface area (Å²) in [6.07, 6.45) is 21.2. The molecule has 0 fully saturated rings. The van der Waals surface area contributed by atoms with Gasteiger partial charge >= 0.3 is 0 Å². The van der Waals surface area contributed by atoms with E-state index in [1.807, 2.05) is 0 Å². The van der Waals surface area contributed by atoms with Crippen LogP contribution in [0.25, 0.3) is 0 Å². The van der Waals surface area contributed by atoms with Gasteiger partial charge in [0.15, 0.2) is 0 Å². The lowest BCUT2D eigenvalue weighted by atomic mass is 10.0. The summed E-state index contributed by atoms with van der Waals surface area (Å²) in [6, 6.07) is -0.529. The van der Waals surface area contributed by atoms with Gasteiger partial charge in [0.25, 0.3) is 0 Å². The molecule has 2 atom stereocenters. The smallest absolute Gasteiger partial charge is 0.220 e. The largest absolute Gasteiger partial charge is 0.394 e. The molecule has 0 aromatic rings. The second-order valence-corrected chi connectivity index (χ2v) is 8.05. The van der Waals surface area contributed by atoms with E-state index in [1.54, 1.807) is 0 Å². The number of hydrogen-bond donors (Lipinski definition) is 3. The summed E-state index contributed by atoms with van der Waals surface area (Å²) in [6.45, 7) is 4.20. The predicted molar refractivity (Wildman–Crippen MR) is 119 cm³/mol. The summed E-state index contributed by atoms with van der Waals surface area (Å²) in [5, 5.41) is 22.5. The Morgan fingerprint density at radius 2 is 1.39 bits per heavy atom. The van der Waals surface area contributed by atoms with Crippen molar-refractivity contribution in [3.63, 3.8) is 0 Å². The fourth-order valence-corrected chi connectivity index (χ4v) is 3.34. The van der Waals surface area contributed by atoms with E-state index in [2.05, 4.69) is 31.3 Å². The summed E-state index contributed by atoms with van der Waals surface area (Å²) >= 11 is 0. The van der Waals surface area contributed by atoms with Crippen LogP contribution in [0.3, 0.4) is 0 Å². The average Bonchev–Trinajstić information content (AvgIpc) is 2.69. The molecule has 0 aromatic carbocycles. The Morgan fingerprint density at radius 3 is 2.07 bits per heavy atom. The van der Waals surface area contributed by atoms with Crippen LogP contribution in [-0.2, 0) is 4.79 Å². The van der Waals surface area contributed by atoms with Crippen LogP contribution in [0.5, 0.6) is 0 Å². The van der Waals surface area contributed by atoms with Crippen LogP contribution in [0.1, 0.15) is 117 Å². The molecular formula is C24H47NO3. The predicted octanol–water partition coefficient (Wildman–Crippen LogP) is 5.66. The van der Waals surface area contributed by atoms with Gasteiger partial charge in [-0.2, -0.15) is 0 Å². The molecule has 0 heterocycles. The Hall–Kier alpha value is -0.870. The monoisotopic (exact) mass is 397 g/mol. The van der Waals surface area contributed by atoms with E-state index in [1.165, 1.54) is 64.2 Å². The topological polar surface area (TPSA) is 69.6 Å². The quantitative estimate of drug-likeness (QED) is 0.183. The molecule has 0 saturated heterocycles. The molecular weight excluding hydrogens is 350 g/mol. The number of carbonyl (C=O) groups is 1. The maximum atomic E-state index is 12.0. The molecule has 0 aliphatic carbocycles. The van der Waals surface area contributed by atoms with Gasteiger partial charge in [0.05, 0.1) is 18.8 Å². The molecule has 0 bridgehead atoms. The van der Waals surface area contributed by atoms with Gasteiger partial charge in [-0.25, -0.2) is 0 Å². The molecule has 28 heavy (non-hydrogen) atoms. The Bertz CT molecular complexity index is 371. The normalized spacial score (nSPS) is 13.7. The van der Waals surface area contributed by atoms with Crippen LogP contribution in [0.2, 0.25) is 0 Å². The van der Waals surface area contributed by atoms with Crippen LogP contribution >= 0.6 is 0 Å². The molecule has 0 aliphatic heterocycles. The summed E-state index contributed by atoms with van der Waals surface area (Å²) in [4.78, 5) is 12.0. The van der Waals surface area contributed by atoms with Crippen molar-refractivity contribution < 1.29 is 15.0 Å². The van der Waals surface area contributed by atoms with E-state index in [0.29, 0.717) is 12.8 Å². The molecule has 0 aromatic heterocycles. The summed E-state index contributed by atoms with van der Waals surface area (Å²) in [7, 11) is 0. The molecule has 0 spiro atoms. The first-order valence-electron chi connectivity index (χ1n) is 11.9. The zero-order chi connectivity index (χ0) is 20.9. The molecule has 0 radical (unpaired) electrons. The molecule has 166 valence electrons. The maximum absolute atomic E-state index is 12.0. The molecule has 0 aliphatic rings. The van der Waals surface area contributed by atoms with Crippen molar-refractivity contribution in [3.8, 4) is 0 Å². The highest BCUT2D eigenvalue weighted by Crippen LogP contribution is 2.11. The number of carbonyl (C=O) groups excluding carboxylic acids is 1. The van der Waals surface area contributed by atoms with Crippen molar-refractivity contribution in [1.29, 1.82) is 0 Å². The zero-order valence-electron chi connectivity index (χ0n) is 18.6. The van der Waals surface area contributed by atoms with E-state index in [-0.39, 0.29) is 12.5 Å². The van der Waals surface area contributed by atoms with E-state index in [9.17, 15) is 15.0 Å². The Morgan fingerprint density at radius 1 is 0.821 bits per heavy atom. The van der Waals surface area contributed by atoms with Crippen molar-refractivity contribution in [2.24, 2.45) is 0 Å². The number of rotatable bonds is 20. The van der Waals surface area contributed by atoms with Gasteiger partial charge in [0.2, 0.25) is 5.91 Å². The molecule has 0 saturated carbocycles. The third-order valence-corrected chi connectivity index (χ3v) is 5.28. The van der Waals surface area contributed by atoms with Crippen molar-refractivity contribution >= 4 is 5.91 Å². The Kier molecular flexibility index (Phi) is 20.2. The van der Waals surface area contributed by atoms with Crippen molar-refractivity contribution in [2.45, 2.75) is 129 Å². The zero-order valence-corrected chi connectivity index (χ0v) is 18.6. The number of unbranched alkanes of at least 4 members (excludes halogenated alkanes) is 11. The maximum Gasteiger partial charge on any atom is 0.220 e. The van der Waals surface area contributed by atoms with Crippen LogP contribution in [-0.4, -0.2) is 34.9 Å². The van der Waals surface area contributed by atoms with Gasteiger partial charge in [0.1, 0.15) is 0 Å². The van der Waals surface area contributed by atoms with E-state index in [4.69, 9.17) is 0 Å². The second kappa shape index (κ2) is 20.9. The number of allylic oxidation sites excluding steroid dienone is 2. The number of aliphatic hydroxyl groups is 2. The summed E-state index contributed by atoms with van der Waals surface area (Å²) < 4.78 is 0. The van der Waals surface area contributed by atoms with Crippen LogP contribution in [0, 0.1) is 0 Å². The van der Waals surface area contributed by atoms with Crippen LogP contribution in [0.4, 0.5) is 0 Å². The number of aliphatic hydroxyl groups excluding tert-OH is 2. The number of nitrogens with one attached hydrogen (secondary N) is 1. The minimum Gasteiger partial charge on any atom is -0.394 e. The summed E-state index contributed by atoms with van der Waals surface area (Å²) in [5.74, 6) is -0.0528. The van der Waals surface area contributed by atoms with E-state index in [0.717, 1.165) is 25.7 Å². The molecule has 3 N–H and O–H groups in total. The van der Waals surface area contributed by atoms with Gasteiger partial charge in [-0.05, 0) is 32.1 Å². The fourth-order valence-electron chi connectivity index (χ4n) is 3.34. The highest BCUT2D eigenvalue weighted by molar-refractivity contribution is 5.76. The Labute approximate surface area is 174 Å². The van der Waals surface area contributed by atoms with E-state index >= 15 is 0 Å². The van der Waals surface area contributed by atoms with E-state index < -0.39 is 12.1 Å². The molecule has 1 amide bonds. The van der Waals surface area contributed by atoms with Crippen molar-refractivity contribution in [3.05, 3.63) is 12.2 Å². The van der Waals surface area contributed by atoms with Gasteiger partial charge in [-0.3, -0.25) is 4.79 Å². The standard InChI is InChI=1S/C24H47NO3/c1-3-5-7-9-10-11-12-13-14-16-18-20-24(28)25-22(21-26)23(27)19-17-15-8-6-4-2/h9-10,22-23,26-27H,3-8,11-21H2,1-2H3,(H,25,28)/b10-9-. The van der Waals surface area contributed by atoms with Gasteiger partial charge < -0.3 is 15.5 Å². The average molecular weight is 398 g/mol. The lowest BCUT2D eigenvalue weighted by Crippen LogP contribution is -2.45. The first kappa shape index (κ1) is 27.1. The van der Waals surface area contributed by atoms with Gasteiger partial charge in [-0.15, -0.1) is 0 Å². The lowest BCUT2D eigenvalue weighted by Gasteiger charge is -2.22. The Balaban J connectivity index is 3.67. The van der Waals surface area contributed by atoms with Crippen LogP contribution < -0.4 is 5.32 Å². The van der Waals surface area contributed by atoms with Crippen LogP contribution in [0.15, 0.2) is 12.2 Å².